The molecule has 0 fully saturated rings. The quantitative estimate of drug-likeness (QED) is 0.121. The Morgan fingerprint density at radius 1 is 0.146 bits per heavy atom. The molecular weight excluding hydrogens is 1810 g/mol. The van der Waals surface area contributed by atoms with Crippen molar-refractivity contribution in [2.24, 2.45) is 0 Å². The topological polar surface area (TPSA) is 92.1 Å². The Kier molecular flexibility index (Phi) is 20.3. The molecule has 0 bridgehead atoms. The maximum atomic E-state index is 5.15. The number of rotatable bonds is 12. The summed E-state index contributed by atoms with van der Waals surface area (Å²) in [6.45, 7) is 0. The zero-order valence-corrected chi connectivity index (χ0v) is 80.0. The van der Waals surface area contributed by atoms with E-state index in [0.717, 1.165) is 84.2 Å². The molecule has 30 rings (SSSR count). The zero-order valence-electron chi connectivity index (χ0n) is 77.5. The minimum atomic E-state index is 0.641. The van der Waals surface area contributed by atoms with Gasteiger partial charge < -0.3 is 13.7 Å². The van der Waals surface area contributed by atoms with Gasteiger partial charge in [0.15, 0.2) is 23.3 Å². The second-order valence-corrected chi connectivity index (χ2v) is 39.7. The van der Waals surface area contributed by atoms with Crippen molar-refractivity contribution in [2.75, 3.05) is 0 Å². The van der Waals surface area contributed by atoms with Crippen LogP contribution in [0.2, 0.25) is 0 Å². The van der Waals surface area contributed by atoms with Crippen LogP contribution in [0.1, 0.15) is 0 Å². The fraction of sp³-hybridized carbons (Fsp3) is 0. The second-order valence-electron chi connectivity index (χ2n) is 36.5. The molecule has 0 radical (unpaired) electrons. The molecule has 0 amide bonds. The van der Waals surface area contributed by atoms with Gasteiger partial charge >= 0.3 is 0 Å². The van der Waals surface area contributed by atoms with Gasteiger partial charge in [-0.05, 0) is 141 Å². The molecule has 0 aliphatic rings. The first-order valence-electron chi connectivity index (χ1n) is 48.5. The van der Waals surface area contributed by atoms with E-state index in [0.29, 0.717) is 23.3 Å². The summed E-state index contributed by atoms with van der Waals surface area (Å²) < 4.78 is 15.2. The third-order valence-electron chi connectivity index (χ3n) is 28.1. The third kappa shape index (κ3) is 14.2. The van der Waals surface area contributed by atoms with Gasteiger partial charge in [-0.1, -0.05) is 394 Å². The van der Waals surface area contributed by atoms with Crippen molar-refractivity contribution in [1.82, 2.24) is 43.6 Å². The Labute approximate surface area is 839 Å². The summed E-state index contributed by atoms with van der Waals surface area (Å²) in [6.07, 6.45) is 0. The fourth-order valence-corrected chi connectivity index (χ4v) is 25.6. The van der Waals surface area contributed by atoms with Gasteiger partial charge in [-0.25, -0.2) is 29.9 Å². The summed E-state index contributed by atoms with van der Waals surface area (Å²) in [5.41, 5.74) is 24.9. The maximum absolute atomic E-state index is 5.15. The van der Waals surface area contributed by atoms with Crippen LogP contribution in [0, 0.1) is 0 Å². The van der Waals surface area contributed by atoms with E-state index in [1.807, 2.05) is 107 Å². The Balaban J connectivity index is 0.000000105. The second kappa shape index (κ2) is 34.9. The molecule has 0 saturated carbocycles. The van der Waals surface area contributed by atoms with Crippen molar-refractivity contribution in [2.45, 2.75) is 0 Å². The molecule has 0 aliphatic carbocycles. The Morgan fingerprint density at radius 3 is 0.785 bits per heavy atom. The van der Waals surface area contributed by atoms with Crippen molar-refractivity contribution in [3.05, 3.63) is 491 Å². The van der Waals surface area contributed by atoms with E-state index in [1.54, 1.807) is 0 Å². The summed E-state index contributed by atoms with van der Waals surface area (Å²) in [4.78, 5) is 30.4. The number of hydrogen-bond acceptors (Lipinski definition) is 9. The first kappa shape index (κ1) is 83.8. The normalized spacial score (nSPS) is 11.8. The highest BCUT2D eigenvalue weighted by atomic mass is 32.1. The van der Waals surface area contributed by atoms with Crippen LogP contribution in [0.3, 0.4) is 0 Å². The number of aromatic nitrogens is 9. The molecule has 672 valence electrons. The molecule has 0 spiro atoms. The molecular formula is C132H81N9S3. The van der Waals surface area contributed by atoms with Gasteiger partial charge in [0.25, 0.3) is 0 Å². The molecule has 12 heteroatoms. The molecule has 21 aromatic carbocycles. The Morgan fingerprint density at radius 2 is 0.410 bits per heavy atom. The first-order valence-corrected chi connectivity index (χ1v) is 51.0. The molecule has 144 heavy (non-hydrogen) atoms. The predicted molar refractivity (Wildman–Crippen MR) is 609 cm³/mol. The van der Waals surface area contributed by atoms with Gasteiger partial charge in [-0.3, -0.25) is 0 Å². The highest BCUT2D eigenvalue weighted by molar-refractivity contribution is 7.28. The lowest BCUT2D eigenvalue weighted by molar-refractivity contribution is 1.07. The average molecular weight is 1890 g/mol. The first-order chi connectivity index (χ1) is 71.4. The Hall–Kier alpha value is -18.3. The number of para-hydroxylation sites is 3. The van der Waals surface area contributed by atoms with E-state index < -0.39 is 0 Å². The van der Waals surface area contributed by atoms with Crippen molar-refractivity contribution in [3.63, 3.8) is 0 Å². The number of fused-ring (bicyclic) bond motifs is 30. The van der Waals surface area contributed by atoms with Crippen molar-refractivity contribution in [3.8, 4) is 119 Å². The standard InChI is InChI=1S/C45H28N2S.C44H27N3S.C43H26N4S/c1-4-14-29(15-5-1)38-27-32(28-39(46-38)30-16-6-2-7-17-30)31-24-25-40-37(26-31)42-34-20-10-11-21-35(34)43-36-22-12-13-23-41(36)48-45(43)44(42)47(40)33-18-8-3-9-19-33;1-3-14-28(15-4-1)36-27-37(29-16-5-2-6-17-29)46-44(45-36)30-18-13-19-31(26-30)47-38-24-11-9-22-34(38)40-32-20-7-8-21-33(32)41-35-23-10-12-25-39(35)48-43(41)42(40)47;1-3-14-27(15-4-1)41-44-42(28-16-5-2-6-17-28)46-43(45-41)29-18-13-19-30(26-29)47-35-24-11-9-22-33(35)37-31-20-7-8-21-32(31)38-34-23-10-12-25-36(34)48-40(38)39(37)47/h1-28H;1-27H;1-26H. The van der Waals surface area contributed by atoms with Crippen LogP contribution >= 0.6 is 34.0 Å². The summed E-state index contributed by atoms with van der Waals surface area (Å²) >= 11 is 5.66. The zero-order chi connectivity index (χ0) is 94.8. The lowest BCUT2D eigenvalue weighted by Crippen LogP contribution is -2.01. The van der Waals surface area contributed by atoms with Gasteiger partial charge in [0, 0.05) is 140 Å². The summed E-state index contributed by atoms with van der Waals surface area (Å²) in [7, 11) is 0. The molecule has 0 N–H and O–H groups in total. The molecule has 9 aromatic heterocycles. The van der Waals surface area contributed by atoms with Crippen LogP contribution in [0.5, 0.6) is 0 Å². The Bertz CT molecular complexity index is 9780. The third-order valence-corrected chi connectivity index (χ3v) is 31.7. The fourth-order valence-electron chi connectivity index (χ4n) is 21.8. The van der Waals surface area contributed by atoms with Crippen LogP contribution in [0.25, 0.3) is 277 Å². The van der Waals surface area contributed by atoms with Crippen LogP contribution in [0.15, 0.2) is 491 Å². The van der Waals surface area contributed by atoms with Gasteiger partial charge in [0.05, 0.1) is 70.0 Å². The van der Waals surface area contributed by atoms with E-state index in [2.05, 4.69) is 432 Å². The van der Waals surface area contributed by atoms with Crippen LogP contribution in [-0.2, 0) is 0 Å². The molecule has 0 aliphatic heterocycles. The number of hydrogen-bond donors (Lipinski definition) is 0. The lowest BCUT2D eigenvalue weighted by Gasteiger charge is -2.13. The molecule has 0 atom stereocenters. The lowest BCUT2D eigenvalue weighted by atomic mass is 9.96. The molecule has 9 nitrogen and oxygen atoms in total. The van der Waals surface area contributed by atoms with Crippen molar-refractivity contribution in [1.29, 1.82) is 0 Å². The van der Waals surface area contributed by atoms with Gasteiger partial charge in [0.1, 0.15) is 0 Å². The van der Waals surface area contributed by atoms with E-state index >= 15 is 0 Å². The van der Waals surface area contributed by atoms with Crippen molar-refractivity contribution >= 4 is 192 Å². The molecule has 30 aromatic rings. The van der Waals surface area contributed by atoms with Crippen molar-refractivity contribution < 1.29 is 0 Å². The minimum absolute atomic E-state index is 0.641. The number of benzene rings is 21. The summed E-state index contributed by atoms with van der Waals surface area (Å²) in [5.74, 6) is 2.65. The summed E-state index contributed by atoms with van der Waals surface area (Å²) in [6, 6.07) is 174. The number of pyridine rings is 1. The predicted octanol–water partition coefficient (Wildman–Crippen LogP) is 36.3. The van der Waals surface area contributed by atoms with E-state index in [4.69, 9.17) is 29.9 Å². The highest BCUT2D eigenvalue weighted by Crippen LogP contribution is 2.54. The number of nitrogens with zero attached hydrogens (tertiary/aromatic N) is 9. The largest absolute Gasteiger partial charge is 0.308 e. The molecule has 9 heterocycles. The minimum Gasteiger partial charge on any atom is -0.308 e. The maximum Gasteiger partial charge on any atom is 0.164 e. The van der Waals surface area contributed by atoms with E-state index in [9.17, 15) is 0 Å². The molecule has 0 unspecified atom stereocenters. The van der Waals surface area contributed by atoms with Gasteiger partial charge in [0.2, 0.25) is 0 Å². The van der Waals surface area contributed by atoms with Crippen LogP contribution < -0.4 is 0 Å². The van der Waals surface area contributed by atoms with E-state index in [-0.39, 0.29) is 0 Å². The number of thiophene rings is 3. The summed E-state index contributed by atoms with van der Waals surface area (Å²) in [5, 5.41) is 23.2. The smallest absolute Gasteiger partial charge is 0.164 e. The molecule has 0 saturated heterocycles. The van der Waals surface area contributed by atoms with Crippen LogP contribution in [-0.4, -0.2) is 43.6 Å². The van der Waals surface area contributed by atoms with E-state index in [1.165, 1.54) is 170 Å². The monoisotopic (exact) mass is 1890 g/mol. The van der Waals surface area contributed by atoms with Crippen LogP contribution in [0.4, 0.5) is 0 Å². The van der Waals surface area contributed by atoms with Gasteiger partial charge in [-0.15, -0.1) is 34.0 Å². The SMILES string of the molecule is c1ccc(-c2cc(-c3ccc4c(c3)c3c5ccccc5c5c6ccccc6sc5c3n4-c3ccccc3)cc(-c3ccccc3)n2)cc1.c1ccc(-c2cc(-c3ccccc3)nc(-c3cccc(-n4c5ccccc5c5c6ccccc6c6c7ccccc7sc6c54)c3)n2)cc1.c1ccc(-c2nc(-c3ccccc3)nc(-c3cccc(-n4c5ccccc5c5c6ccccc6c6c7ccccc7sc6c54)c3)n2)cc1. The van der Waals surface area contributed by atoms with Gasteiger partial charge in [-0.2, -0.15) is 0 Å². The average Bonchev–Trinajstić information content (AvgIpc) is 1.54. The highest BCUT2D eigenvalue weighted by Gasteiger charge is 2.29.